The highest BCUT2D eigenvalue weighted by molar-refractivity contribution is 5.19. The van der Waals surface area contributed by atoms with Crippen molar-refractivity contribution >= 4 is 0 Å². The summed E-state index contributed by atoms with van der Waals surface area (Å²) in [4.78, 5) is 0. The number of halogens is 1. The van der Waals surface area contributed by atoms with Crippen molar-refractivity contribution in [1.29, 1.82) is 0 Å². The van der Waals surface area contributed by atoms with Crippen LogP contribution in [-0.2, 0) is 0 Å². The van der Waals surface area contributed by atoms with Crippen molar-refractivity contribution in [2.24, 2.45) is 0 Å². The second kappa shape index (κ2) is 5.11. The molecule has 0 bridgehead atoms. The summed E-state index contributed by atoms with van der Waals surface area (Å²) in [5, 5.41) is 3.44. The largest absolute Gasteiger partial charge is 0.308 e. The van der Waals surface area contributed by atoms with Gasteiger partial charge in [-0.15, -0.1) is 0 Å². The minimum atomic E-state index is -0.176. The third-order valence-corrected chi connectivity index (χ3v) is 2.52. The molecule has 1 aromatic rings. The van der Waals surface area contributed by atoms with Crippen molar-refractivity contribution in [3.05, 3.63) is 35.6 Å². The molecule has 78 valence electrons. The molecule has 0 aliphatic rings. The zero-order valence-electron chi connectivity index (χ0n) is 9.05. The molecule has 0 aromatic heterocycles. The van der Waals surface area contributed by atoms with E-state index in [2.05, 4.69) is 26.1 Å². The highest BCUT2D eigenvalue weighted by atomic mass is 19.1. The minimum absolute atomic E-state index is 0.176. The van der Waals surface area contributed by atoms with E-state index in [1.807, 2.05) is 12.1 Å². The Morgan fingerprint density at radius 2 is 1.79 bits per heavy atom. The van der Waals surface area contributed by atoms with Gasteiger partial charge in [0.2, 0.25) is 0 Å². The molecule has 0 amide bonds. The second-order valence-corrected chi connectivity index (χ2v) is 3.75. The minimum Gasteiger partial charge on any atom is -0.308 e. The lowest BCUT2D eigenvalue weighted by Gasteiger charge is -2.19. The molecule has 2 heteroatoms. The topological polar surface area (TPSA) is 12.0 Å². The van der Waals surface area contributed by atoms with E-state index >= 15 is 0 Å². The van der Waals surface area contributed by atoms with Crippen LogP contribution < -0.4 is 5.32 Å². The summed E-state index contributed by atoms with van der Waals surface area (Å²) >= 11 is 0. The molecule has 0 heterocycles. The molecule has 1 unspecified atom stereocenters. The van der Waals surface area contributed by atoms with E-state index in [4.69, 9.17) is 0 Å². The Labute approximate surface area is 85.3 Å². The van der Waals surface area contributed by atoms with Crippen molar-refractivity contribution in [2.45, 2.75) is 39.3 Å². The number of rotatable bonds is 4. The standard InChI is InChI=1S/C12H18FN/c1-4-9(2)14-10(3)11-5-7-12(13)8-6-11/h5-10,14H,4H2,1-3H3/t9?,10-/m1/s1. The zero-order chi connectivity index (χ0) is 10.6. The van der Waals surface area contributed by atoms with Crippen molar-refractivity contribution in [2.75, 3.05) is 0 Å². The van der Waals surface area contributed by atoms with Crippen molar-refractivity contribution < 1.29 is 4.39 Å². The number of benzene rings is 1. The van der Waals surface area contributed by atoms with Gasteiger partial charge in [0.15, 0.2) is 0 Å². The lowest BCUT2D eigenvalue weighted by atomic mass is 10.1. The molecule has 0 saturated heterocycles. The number of hydrogen-bond donors (Lipinski definition) is 1. The van der Waals surface area contributed by atoms with Gasteiger partial charge in [-0.25, -0.2) is 4.39 Å². The van der Waals surface area contributed by atoms with Gasteiger partial charge >= 0.3 is 0 Å². The van der Waals surface area contributed by atoms with Gasteiger partial charge in [0.05, 0.1) is 0 Å². The fraction of sp³-hybridized carbons (Fsp3) is 0.500. The predicted octanol–water partition coefficient (Wildman–Crippen LogP) is 3.27. The Balaban J connectivity index is 2.60. The summed E-state index contributed by atoms with van der Waals surface area (Å²) in [6, 6.07) is 7.44. The van der Waals surface area contributed by atoms with Crippen LogP contribution in [0.4, 0.5) is 4.39 Å². The number of hydrogen-bond acceptors (Lipinski definition) is 1. The first kappa shape index (κ1) is 11.2. The molecular weight excluding hydrogens is 177 g/mol. The average molecular weight is 195 g/mol. The maximum absolute atomic E-state index is 12.7. The molecule has 1 rings (SSSR count). The Morgan fingerprint density at radius 1 is 1.21 bits per heavy atom. The van der Waals surface area contributed by atoms with E-state index in [0.29, 0.717) is 6.04 Å². The lowest BCUT2D eigenvalue weighted by molar-refractivity contribution is 0.469. The summed E-state index contributed by atoms with van der Waals surface area (Å²) in [6.07, 6.45) is 1.10. The first-order chi connectivity index (χ1) is 6.63. The predicted molar refractivity (Wildman–Crippen MR) is 57.7 cm³/mol. The fourth-order valence-electron chi connectivity index (χ4n) is 1.39. The highest BCUT2D eigenvalue weighted by Gasteiger charge is 2.07. The van der Waals surface area contributed by atoms with Gasteiger partial charge in [0, 0.05) is 12.1 Å². The van der Waals surface area contributed by atoms with E-state index in [9.17, 15) is 4.39 Å². The maximum Gasteiger partial charge on any atom is 0.123 e. The van der Waals surface area contributed by atoms with Gasteiger partial charge in [-0.1, -0.05) is 19.1 Å². The van der Waals surface area contributed by atoms with Gasteiger partial charge in [-0.2, -0.15) is 0 Å². The summed E-state index contributed by atoms with van der Waals surface area (Å²) < 4.78 is 12.7. The van der Waals surface area contributed by atoms with Crippen LogP contribution in [0.2, 0.25) is 0 Å². The monoisotopic (exact) mass is 195 g/mol. The zero-order valence-corrected chi connectivity index (χ0v) is 9.05. The van der Waals surface area contributed by atoms with Crippen LogP contribution in [-0.4, -0.2) is 6.04 Å². The number of nitrogens with one attached hydrogen (secondary N) is 1. The Bertz CT molecular complexity index is 268. The van der Waals surface area contributed by atoms with Crippen molar-refractivity contribution in [3.63, 3.8) is 0 Å². The Kier molecular flexibility index (Phi) is 4.08. The van der Waals surface area contributed by atoms with E-state index in [0.717, 1.165) is 12.0 Å². The molecule has 0 fully saturated rings. The van der Waals surface area contributed by atoms with Gasteiger partial charge in [0.1, 0.15) is 5.82 Å². The molecule has 1 aromatic carbocycles. The van der Waals surface area contributed by atoms with Crippen LogP contribution in [0.15, 0.2) is 24.3 Å². The fourth-order valence-corrected chi connectivity index (χ4v) is 1.39. The molecule has 14 heavy (non-hydrogen) atoms. The maximum atomic E-state index is 12.7. The van der Waals surface area contributed by atoms with Crippen molar-refractivity contribution in [3.8, 4) is 0 Å². The molecule has 0 saturated carbocycles. The second-order valence-electron chi connectivity index (χ2n) is 3.75. The van der Waals surface area contributed by atoms with Gasteiger partial charge < -0.3 is 5.32 Å². The summed E-state index contributed by atoms with van der Waals surface area (Å²) in [7, 11) is 0. The van der Waals surface area contributed by atoms with E-state index in [1.165, 1.54) is 12.1 Å². The summed E-state index contributed by atoms with van der Waals surface area (Å²) in [5.74, 6) is -0.176. The molecular formula is C12H18FN. The van der Waals surface area contributed by atoms with Crippen LogP contribution >= 0.6 is 0 Å². The van der Waals surface area contributed by atoms with Crippen molar-refractivity contribution in [1.82, 2.24) is 5.32 Å². The van der Waals surface area contributed by atoms with Crippen LogP contribution in [0, 0.1) is 5.82 Å². The summed E-state index contributed by atoms with van der Waals surface area (Å²) in [6.45, 7) is 6.40. The van der Waals surface area contributed by atoms with Gasteiger partial charge in [0.25, 0.3) is 0 Å². The first-order valence-corrected chi connectivity index (χ1v) is 5.15. The molecule has 0 aliphatic heterocycles. The third-order valence-electron chi connectivity index (χ3n) is 2.52. The van der Waals surface area contributed by atoms with E-state index in [-0.39, 0.29) is 11.9 Å². The van der Waals surface area contributed by atoms with Crippen LogP contribution in [0.5, 0.6) is 0 Å². The Morgan fingerprint density at radius 3 is 2.29 bits per heavy atom. The smallest absolute Gasteiger partial charge is 0.123 e. The first-order valence-electron chi connectivity index (χ1n) is 5.15. The molecule has 0 radical (unpaired) electrons. The average Bonchev–Trinajstić information content (AvgIpc) is 2.18. The van der Waals surface area contributed by atoms with Gasteiger partial charge in [-0.3, -0.25) is 0 Å². The SMILES string of the molecule is CCC(C)N[C@H](C)c1ccc(F)cc1. The van der Waals surface area contributed by atoms with Crippen LogP contribution in [0.25, 0.3) is 0 Å². The van der Waals surface area contributed by atoms with Crippen LogP contribution in [0.3, 0.4) is 0 Å². The molecule has 1 N–H and O–H groups in total. The molecule has 1 nitrogen and oxygen atoms in total. The Hall–Kier alpha value is -0.890. The highest BCUT2D eigenvalue weighted by Crippen LogP contribution is 2.13. The third kappa shape index (κ3) is 3.11. The van der Waals surface area contributed by atoms with E-state index < -0.39 is 0 Å². The normalized spacial score (nSPS) is 15.1. The molecule has 0 spiro atoms. The lowest BCUT2D eigenvalue weighted by Crippen LogP contribution is -2.28. The van der Waals surface area contributed by atoms with Gasteiger partial charge in [-0.05, 0) is 38.0 Å². The molecule has 0 aliphatic carbocycles. The summed E-state index contributed by atoms with van der Waals surface area (Å²) in [5.41, 5.74) is 1.13. The quantitative estimate of drug-likeness (QED) is 0.777. The molecule has 2 atom stereocenters. The van der Waals surface area contributed by atoms with E-state index in [1.54, 1.807) is 0 Å². The van der Waals surface area contributed by atoms with Crippen LogP contribution in [0.1, 0.15) is 38.8 Å².